The van der Waals surface area contributed by atoms with Gasteiger partial charge in [-0.25, -0.2) is 0 Å². The van der Waals surface area contributed by atoms with E-state index in [1.165, 1.54) is 12.3 Å². The molecule has 1 atom stereocenters. The maximum atomic E-state index is 12.4. The van der Waals surface area contributed by atoms with E-state index in [4.69, 9.17) is 16.3 Å². The molecule has 0 saturated carbocycles. The van der Waals surface area contributed by atoms with E-state index in [9.17, 15) is 9.59 Å². The zero-order chi connectivity index (χ0) is 14.5. The highest BCUT2D eigenvalue weighted by molar-refractivity contribution is 6.30. The molecule has 1 amide bonds. The van der Waals surface area contributed by atoms with Gasteiger partial charge in [-0.3, -0.25) is 9.59 Å². The lowest BCUT2D eigenvalue weighted by atomic mass is 10.1. The molecular formula is C14H19ClN2O3. The van der Waals surface area contributed by atoms with E-state index in [0.717, 1.165) is 25.9 Å². The quantitative estimate of drug-likeness (QED) is 0.925. The van der Waals surface area contributed by atoms with E-state index in [2.05, 4.69) is 4.98 Å². The lowest BCUT2D eigenvalue weighted by Crippen LogP contribution is -2.41. The maximum Gasteiger partial charge on any atom is 0.260 e. The van der Waals surface area contributed by atoms with Crippen molar-refractivity contribution in [3.63, 3.8) is 0 Å². The lowest BCUT2D eigenvalue weighted by molar-refractivity contribution is -0.00315. The molecule has 5 nitrogen and oxygen atoms in total. The zero-order valence-electron chi connectivity index (χ0n) is 11.5. The van der Waals surface area contributed by atoms with Crippen LogP contribution in [0.4, 0.5) is 0 Å². The van der Waals surface area contributed by atoms with Crippen molar-refractivity contribution >= 4 is 17.5 Å². The van der Waals surface area contributed by atoms with Gasteiger partial charge >= 0.3 is 0 Å². The van der Waals surface area contributed by atoms with E-state index in [0.29, 0.717) is 18.1 Å². The molecule has 1 unspecified atom stereocenters. The Morgan fingerprint density at radius 1 is 1.55 bits per heavy atom. The minimum atomic E-state index is -0.414. The average molecular weight is 299 g/mol. The highest BCUT2D eigenvalue weighted by Crippen LogP contribution is 2.15. The summed E-state index contributed by atoms with van der Waals surface area (Å²) in [6, 6.07) is 1.41. The third kappa shape index (κ3) is 3.61. The Kier molecular flexibility index (Phi) is 5.20. The van der Waals surface area contributed by atoms with Crippen molar-refractivity contribution in [2.45, 2.75) is 32.3 Å². The third-order valence-corrected chi connectivity index (χ3v) is 3.68. The molecule has 0 radical (unpaired) electrons. The topological polar surface area (TPSA) is 62.4 Å². The third-order valence-electron chi connectivity index (χ3n) is 3.47. The summed E-state index contributed by atoms with van der Waals surface area (Å²) in [5.41, 5.74) is -0.336. The number of H-pyrrole nitrogens is 1. The predicted octanol–water partition coefficient (Wildman–Crippen LogP) is 2.06. The molecule has 1 aromatic heterocycles. The van der Waals surface area contributed by atoms with Crippen LogP contribution in [0.25, 0.3) is 0 Å². The summed E-state index contributed by atoms with van der Waals surface area (Å²) in [6.45, 7) is 3.68. The molecule has 1 aliphatic heterocycles. The summed E-state index contributed by atoms with van der Waals surface area (Å²) >= 11 is 5.84. The first-order valence-electron chi connectivity index (χ1n) is 6.91. The standard InChI is InChI=1S/C14H19ClN2O3/c1-2-17(9-11-5-3-4-6-20-11)14(19)12-7-10(15)8-16-13(12)18/h7-8,11H,2-6,9H2,1H3,(H,16,18). The van der Waals surface area contributed by atoms with E-state index in [1.54, 1.807) is 4.90 Å². The van der Waals surface area contributed by atoms with E-state index in [1.807, 2.05) is 6.92 Å². The summed E-state index contributed by atoms with van der Waals surface area (Å²) in [6.07, 6.45) is 4.58. The number of hydrogen-bond acceptors (Lipinski definition) is 3. The number of aromatic amines is 1. The molecule has 2 rings (SSSR count). The molecule has 20 heavy (non-hydrogen) atoms. The molecule has 2 heterocycles. The van der Waals surface area contributed by atoms with Crippen LogP contribution in [-0.2, 0) is 4.74 Å². The summed E-state index contributed by atoms with van der Waals surface area (Å²) in [4.78, 5) is 28.2. The van der Waals surface area contributed by atoms with Crippen molar-refractivity contribution in [3.8, 4) is 0 Å². The van der Waals surface area contributed by atoms with Gasteiger partial charge in [0.2, 0.25) is 0 Å². The molecule has 1 saturated heterocycles. The van der Waals surface area contributed by atoms with Crippen LogP contribution in [-0.4, -0.2) is 41.6 Å². The van der Waals surface area contributed by atoms with Crippen LogP contribution in [0.5, 0.6) is 0 Å². The second kappa shape index (κ2) is 6.90. The number of amides is 1. The Morgan fingerprint density at radius 2 is 2.35 bits per heavy atom. The van der Waals surface area contributed by atoms with E-state index < -0.39 is 5.56 Å². The summed E-state index contributed by atoms with van der Waals surface area (Å²) < 4.78 is 5.64. The Hall–Kier alpha value is -1.33. The molecule has 0 spiro atoms. The van der Waals surface area contributed by atoms with Gasteiger partial charge in [-0.05, 0) is 32.3 Å². The summed E-state index contributed by atoms with van der Waals surface area (Å²) in [5.74, 6) is -0.301. The van der Waals surface area contributed by atoms with Gasteiger partial charge in [-0.2, -0.15) is 0 Å². The highest BCUT2D eigenvalue weighted by atomic mass is 35.5. The normalized spacial score (nSPS) is 18.8. The number of hydrogen-bond donors (Lipinski definition) is 1. The second-order valence-electron chi connectivity index (χ2n) is 4.89. The van der Waals surface area contributed by atoms with Crippen LogP contribution in [0.1, 0.15) is 36.5 Å². The van der Waals surface area contributed by atoms with Crippen molar-refractivity contribution in [2.75, 3.05) is 19.7 Å². The number of pyridine rings is 1. The number of ether oxygens (including phenoxy) is 1. The fourth-order valence-corrected chi connectivity index (χ4v) is 2.50. The first kappa shape index (κ1) is 15.1. The Bertz CT molecular complexity index is 523. The maximum absolute atomic E-state index is 12.4. The molecule has 110 valence electrons. The lowest BCUT2D eigenvalue weighted by Gasteiger charge is -2.29. The van der Waals surface area contributed by atoms with E-state index in [-0.39, 0.29) is 17.6 Å². The van der Waals surface area contributed by atoms with Gasteiger partial charge in [-0.15, -0.1) is 0 Å². The first-order chi connectivity index (χ1) is 9.61. The van der Waals surface area contributed by atoms with Gasteiger partial charge in [-0.1, -0.05) is 11.6 Å². The number of likely N-dealkylation sites (N-methyl/N-ethyl adjacent to an activating group) is 1. The molecule has 0 aromatic carbocycles. The molecule has 1 aromatic rings. The van der Waals surface area contributed by atoms with Crippen LogP contribution in [0.3, 0.4) is 0 Å². The van der Waals surface area contributed by atoms with Crippen molar-refractivity contribution in [1.29, 1.82) is 0 Å². The molecule has 1 fully saturated rings. The number of halogens is 1. The number of rotatable bonds is 4. The van der Waals surface area contributed by atoms with Crippen molar-refractivity contribution in [3.05, 3.63) is 33.2 Å². The number of carbonyl (C=O) groups is 1. The van der Waals surface area contributed by atoms with Crippen LogP contribution in [0.15, 0.2) is 17.1 Å². The molecule has 1 N–H and O–H groups in total. The van der Waals surface area contributed by atoms with Crippen LogP contribution < -0.4 is 5.56 Å². The number of aromatic nitrogens is 1. The number of carbonyl (C=O) groups excluding carboxylic acids is 1. The van der Waals surface area contributed by atoms with E-state index >= 15 is 0 Å². The van der Waals surface area contributed by atoms with Gasteiger partial charge in [0.25, 0.3) is 11.5 Å². The Morgan fingerprint density at radius 3 is 3.00 bits per heavy atom. The fraction of sp³-hybridized carbons (Fsp3) is 0.571. The molecule has 0 aliphatic carbocycles. The highest BCUT2D eigenvalue weighted by Gasteiger charge is 2.23. The largest absolute Gasteiger partial charge is 0.376 e. The second-order valence-corrected chi connectivity index (χ2v) is 5.33. The number of nitrogens with one attached hydrogen (secondary N) is 1. The predicted molar refractivity (Wildman–Crippen MR) is 77.2 cm³/mol. The molecule has 0 bridgehead atoms. The molecule has 1 aliphatic rings. The van der Waals surface area contributed by atoms with Gasteiger partial charge < -0.3 is 14.6 Å². The SMILES string of the molecule is CCN(CC1CCCCO1)C(=O)c1cc(Cl)c[nH]c1=O. The summed E-state index contributed by atoms with van der Waals surface area (Å²) in [5, 5.41) is 0.345. The fourth-order valence-electron chi connectivity index (χ4n) is 2.34. The van der Waals surface area contributed by atoms with Gasteiger partial charge in [0, 0.05) is 25.9 Å². The monoisotopic (exact) mass is 298 g/mol. The van der Waals surface area contributed by atoms with Gasteiger partial charge in [0.05, 0.1) is 11.1 Å². The number of nitrogens with zero attached hydrogens (tertiary/aromatic N) is 1. The van der Waals surface area contributed by atoms with Crippen molar-refractivity contribution < 1.29 is 9.53 Å². The van der Waals surface area contributed by atoms with Crippen molar-refractivity contribution in [2.24, 2.45) is 0 Å². The Balaban J connectivity index is 2.11. The van der Waals surface area contributed by atoms with Crippen LogP contribution in [0.2, 0.25) is 5.02 Å². The zero-order valence-corrected chi connectivity index (χ0v) is 12.3. The summed E-state index contributed by atoms with van der Waals surface area (Å²) in [7, 11) is 0. The van der Waals surface area contributed by atoms with Crippen LogP contribution >= 0.6 is 11.6 Å². The minimum Gasteiger partial charge on any atom is -0.376 e. The molecular weight excluding hydrogens is 280 g/mol. The molecule has 6 heteroatoms. The van der Waals surface area contributed by atoms with Crippen molar-refractivity contribution in [1.82, 2.24) is 9.88 Å². The Labute approximate surface area is 122 Å². The first-order valence-corrected chi connectivity index (χ1v) is 7.28. The van der Waals surface area contributed by atoms with Gasteiger partial charge in [0.1, 0.15) is 5.56 Å². The smallest absolute Gasteiger partial charge is 0.260 e. The average Bonchev–Trinajstić information content (AvgIpc) is 2.47. The van der Waals surface area contributed by atoms with Gasteiger partial charge in [0.15, 0.2) is 0 Å². The minimum absolute atomic E-state index is 0.0610. The van der Waals surface area contributed by atoms with Crippen LogP contribution in [0, 0.1) is 0 Å².